The summed E-state index contributed by atoms with van der Waals surface area (Å²) in [5.74, 6) is 0.708. The largest absolute Gasteiger partial charge is 0.348 e. The van der Waals surface area contributed by atoms with Crippen molar-refractivity contribution in [2.24, 2.45) is 10.5 Å². The summed E-state index contributed by atoms with van der Waals surface area (Å²) in [5.41, 5.74) is 11.7. The summed E-state index contributed by atoms with van der Waals surface area (Å²) in [4.78, 5) is 95.5. The van der Waals surface area contributed by atoms with Crippen LogP contribution in [-0.4, -0.2) is 139 Å². The van der Waals surface area contributed by atoms with E-state index in [0.717, 1.165) is 124 Å². The lowest BCUT2D eigenvalue weighted by atomic mass is 10.1. The quantitative estimate of drug-likeness (QED) is 0.0847. The summed E-state index contributed by atoms with van der Waals surface area (Å²) in [5, 5.41) is 9.25. The van der Waals surface area contributed by atoms with Crippen molar-refractivity contribution >= 4 is 115 Å². The number of nitrogens with zero attached hydrogens (tertiary/aromatic N) is 16. The average molecular weight is 1200 g/mol. The van der Waals surface area contributed by atoms with E-state index in [0.29, 0.717) is 45.9 Å². The van der Waals surface area contributed by atoms with Crippen LogP contribution in [0.15, 0.2) is 78.3 Å². The first-order chi connectivity index (χ1) is 39.6. The van der Waals surface area contributed by atoms with Crippen molar-refractivity contribution in [2.75, 3.05) is 56.9 Å². The molecule has 9 aromatic heterocycles. The van der Waals surface area contributed by atoms with Gasteiger partial charge in [0, 0.05) is 89.5 Å². The normalized spacial score (nSPS) is 14.8. The summed E-state index contributed by atoms with van der Waals surface area (Å²) < 4.78 is 5.56. The number of thiazole rings is 3. The van der Waals surface area contributed by atoms with Gasteiger partial charge in [-0.2, -0.15) is 15.0 Å². The molecule has 27 heteroatoms. The summed E-state index contributed by atoms with van der Waals surface area (Å²) in [6, 6.07) is 11.7. The van der Waals surface area contributed by atoms with Gasteiger partial charge < -0.3 is 31.1 Å². The molecule has 0 bridgehead atoms. The fourth-order valence-corrected chi connectivity index (χ4v) is 11.7. The van der Waals surface area contributed by atoms with E-state index in [4.69, 9.17) is 17.3 Å². The van der Waals surface area contributed by atoms with Gasteiger partial charge >= 0.3 is 0 Å². The summed E-state index contributed by atoms with van der Waals surface area (Å²) in [7, 11) is 4.47. The average Bonchev–Trinajstić information content (AvgIpc) is 4.55. The van der Waals surface area contributed by atoms with Crippen molar-refractivity contribution in [3.63, 3.8) is 0 Å². The van der Waals surface area contributed by atoms with Crippen molar-refractivity contribution in [1.82, 2.24) is 74.5 Å². The molecule has 3 atom stereocenters. The zero-order valence-corrected chi connectivity index (χ0v) is 50.9. The first-order valence-corrected chi connectivity index (χ1v) is 30.1. The van der Waals surface area contributed by atoms with Crippen LogP contribution in [0.3, 0.4) is 0 Å². The molecular weight excluding hydrogens is 1140 g/mol. The third-order valence-corrected chi connectivity index (χ3v) is 16.2. The number of rotatable bonds is 10. The maximum Gasteiger partial charge on any atom is 0.274 e. The molecule has 3 fully saturated rings. The van der Waals surface area contributed by atoms with Gasteiger partial charge in [-0.15, -0.1) is 34.0 Å². The molecule has 0 saturated carbocycles. The minimum Gasteiger partial charge on any atom is -0.348 e. The highest BCUT2D eigenvalue weighted by molar-refractivity contribution is 7.19. The molecule has 12 rings (SSSR count). The highest BCUT2D eigenvalue weighted by atomic mass is 35.5. The number of aromatic nitrogens is 12. The van der Waals surface area contributed by atoms with Crippen molar-refractivity contribution in [2.45, 2.75) is 98.2 Å². The number of carbonyl (C=O) groups excluding carboxylic acids is 3. The Bertz CT molecular complexity index is 3440. The van der Waals surface area contributed by atoms with Crippen LogP contribution in [0.5, 0.6) is 0 Å². The zero-order valence-electron chi connectivity index (χ0n) is 46.7. The summed E-state index contributed by atoms with van der Waals surface area (Å²) >= 11 is 10.2. The summed E-state index contributed by atoms with van der Waals surface area (Å²) in [6.07, 6.45) is 16.9. The van der Waals surface area contributed by atoms with Crippen LogP contribution in [0.4, 0.5) is 11.9 Å². The Kier molecular flexibility index (Phi) is 21.6. The van der Waals surface area contributed by atoms with Gasteiger partial charge in [0.15, 0.2) is 34.0 Å². The van der Waals surface area contributed by atoms with Crippen molar-refractivity contribution in [3.05, 3.63) is 128 Å². The van der Waals surface area contributed by atoms with Gasteiger partial charge in [-0.1, -0.05) is 18.2 Å². The first kappa shape index (κ1) is 60.8. The molecule has 0 unspecified atom stereocenters. The molecule has 428 valence electrons. The fraction of sp³-hybridized carbons (Fsp3) is 0.400. The van der Waals surface area contributed by atoms with E-state index in [1.54, 1.807) is 44.2 Å². The number of fused-ring (bicyclic) bond motifs is 3. The minimum absolute atomic E-state index is 0.0318. The minimum atomic E-state index is -0.0644. The van der Waals surface area contributed by atoms with Crippen LogP contribution in [-0.2, 0) is 0 Å². The SMILES string of the molecule is CN=P.C[C@H](N)c1cccnc1.Cc1nc2nc(Cl)nc(C(=O)N3CCCC3)c2s1.Cc1nc2nc(N[C@@H](C)c3cccnc3)nc(C(=O)N3CCCC3)c2s1.Cc1nc2nc(N[C@@H](C)c3cccnc3)nc(C(=O)N3CCCC3)c2s1. The maximum absolute atomic E-state index is 13.0. The second-order valence-corrected chi connectivity index (χ2v) is 23.8. The summed E-state index contributed by atoms with van der Waals surface area (Å²) in [6.45, 7) is 16.4. The Morgan fingerprint density at radius 1 is 0.537 bits per heavy atom. The maximum atomic E-state index is 13.0. The molecule has 3 aliphatic heterocycles. The number of likely N-dealkylation sites (tertiary alicyclic amines) is 3. The molecule has 0 spiro atoms. The van der Waals surface area contributed by atoms with Gasteiger partial charge in [-0.25, -0.2) is 29.9 Å². The topological polar surface area (TPSA) is 278 Å². The van der Waals surface area contributed by atoms with E-state index in [2.05, 4.69) is 84.2 Å². The van der Waals surface area contributed by atoms with E-state index in [1.807, 2.05) is 92.6 Å². The van der Waals surface area contributed by atoms with E-state index >= 15 is 0 Å². The van der Waals surface area contributed by atoms with E-state index < -0.39 is 0 Å². The number of amides is 3. The van der Waals surface area contributed by atoms with Crippen molar-refractivity contribution < 1.29 is 14.4 Å². The lowest BCUT2D eigenvalue weighted by Gasteiger charge is -2.17. The standard InChI is InChI=1S/2C18H20N6OS.C11H11ClN4OS.C7H10N2.CH4NP/c2*1-11(13-6-5-7-19-10-13)20-18-22-14(17(25)24-8-3-4-9-24)15-16(23-18)21-12(2)26-15;1-6-13-9-8(18-6)7(14-11(12)15-9)10(17)16-4-2-3-5-16;1-6(8)7-3-2-4-9-5-7;1-2-3/h2*5-7,10-11H,3-4,8-9H2,1-2H3,(H,20,22,23);2-5H2,1H3;2-6H,8H2,1H3;3H,1H3/t2*11-;;6-;/m00.0./s1. The molecule has 82 heavy (non-hydrogen) atoms. The van der Waals surface area contributed by atoms with Crippen molar-refractivity contribution in [1.29, 1.82) is 0 Å². The molecule has 0 radical (unpaired) electrons. The molecule has 9 aromatic rings. The molecule has 0 aromatic carbocycles. The molecule has 22 nitrogen and oxygen atoms in total. The van der Waals surface area contributed by atoms with E-state index in [9.17, 15) is 14.4 Å². The first-order valence-electron chi connectivity index (χ1n) is 26.8. The Hall–Kier alpha value is -7.28. The Labute approximate surface area is 494 Å². The third-order valence-electron chi connectivity index (χ3n) is 13.1. The highest BCUT2D eigenvalue weighted by Gasteiger charge is 2.28. The molecule has 12 heterocycles. The van der Waals surface area contributed by atoms with Crippen LogP contribution >= 0.6 is 54.6 Å². The van der Waals surface area contributed by atoms with Gasteiger partial charge in [-0.05, 0) is 136 Å². The molecular formula is C55H65ClN19O3PS3. The van der Waals surface area contributed by atoms with Gasteiger partial charge in [0.05, 0.1) is 27.1 Å². The molecule has 4 N–H and O–H groups in total. The van der Waals surface area contributed by atoms with Gasteiger partial charge in [-0.3, -0.25) is 34.1 Å². The monoisotopic (exact) mass is 1200 g/mol. The van der Waals surface area contributed by atoms with Crippen LogP contribution in [0, 0.1) is 20.8 Å². The highest BCUT2D eigenvalue weighted by Crippen LogP contribution is 2.30. The Morgan fingerprint density at radius 2 is 0.854 bits per heavy atom. The van der Waals surface area contributed by atoms with Crippen LogP contribution < -0.4 is 16.4 Å². The lowest BCUT2D eigenvalue weighted by molar-refractivity contribution is 0.0781. The molecule has 0 aliphatic carbocycles. The smallest absolute Gasteiger partial charge is 0.274 e. The number of hydrogen-bond donors (Lipinski definition) is 3. The number of nitrogens with one attached hydrogen (secondary N) is 2. The fourth-order valence-electron chi connectivity index (χ4n) is 9.00. The number of carbonyl (C=O) groups is 3. The molecule has 3 saturated heterocycles. The Balaban J connectivity index is 0.000000148. The zero-order chi connectivity index (χ0) is 58.3. The van der Waals surface area contributed by atoms with Crippen LogP contribution in [0.2, 0.25) is 5.28 Å². The van der Waals surface area contributed by atoms with Crippen LogP contribution in [0.25, 0.3) is 31.0 Å². The van der Waals surface area contributed by atoms with Gasteiger partial charge in [0.25, 0.3) is 17.7 Å². The number of aryl methyl sites for hydroxylation is 3. The van der Waals surface area contributed by atoms with E-state index in [1.165, 1.54) is 34.0 Å². The molecule has 3 aliphatic rings. The van der Waals surface area contributed by atoms with Gasteiger partial charge in [0.1, 0.15) is 14.1 Å². The second kappa shape index (κ2) is 29.1. The number of pyridine rings is 3. The van der Waals surface area contributed by atoms with Crippen LogP contribution in [0.1, 0.15) is 141 Å². The van der Waals surface area contributed by atoms with Gasteiger partial charge in [0.2, 0.25) is 17.2 Å². The predicted molar refractivity (Wildman–Crippen MR) is 326 cm³/mol. The number of halogens is 1. The van der Waals surface area contributed by atoms with Crippen molar-refractivity contribution in [3.8, 4) is 0 Å². The second-order valence-electron chi connectivity index (χ2n) is 19.4. The number of hydrogen-bond acceptors (Lipinski definition) is 22. The molecule has 3 amide bonds. The van der Waals surface area contributed by atoms with E-state index in [-0.39, 0.29) is 41.1 Å². The Morgan fingerprint density at radius 3 is 1.16 bits per heavy atom. The number of nitrogens with two attached hydrogens (primary N) is 1. The lowest BCUT2D eigenvalue weighted by Crippen LogP contribution is -2.29. The predicted octanol–water partition coefficient (Wildman–Crippen LogP) is 10.7. The number of anilines is 2. The third kappa shape index (κ3) is 15.8.